The molecule has 0 saturated carbocycles. The van der Waals surface area contributed by atoms with Gasteiger partial charge in [-0.2, -0.15) is 0 Å². The average Bonchev–Trinajstić information content (AvgIpc) is 2.52. The maximum atomic E-state index is 11.8. The molecule has 0 aromatic heterocycles. The van der Waals surface area contributed by atoms with Gasteiger partial charge < -0.3 is 9.64 Å². The van der Waals surface area contributed by atoms with E-state index >= 15 is 0 Å². The number of piperidine rings is 1. The number of esters is 1. The number of carbonyl (C=O) groups excluding carboxylic acids is 2. The summed E-state index contributed by atoms with van der Waals surface area (Å²) >= 11 is 0. The summed E-state index contributed by atoms with van der Waals surface area (Å²) in [7, 11) is 0. The smallest absolute Gasteiger partial charge is 0.309 e. The molecule has 0 spiro atoms. The SMILES string of the molecule is CC(=O)COC(=O)C1CCN(c2ccccc2[N+](=O)[O-])CC1. The molecule has 0 radical (unpaired) electrons. The molecule has 0 amide bonds. The lowest BCUT2D eigenvalue weighted by Crippen LogP contribution is -2.37. The van der Waals surface area contributed by atoms with Crippen LogP contribution in [0.5, 0.6) is 0 Å². The van der Waals surface area contributed by atoms with E-state index < -0.39 is 4.92 Å². The van der Waals surface area contributed by atoms with Crippen molar-refractivity contribution in [3.8, 4) is 0 Å². The number of Topliss-reactive ketones (excluding diaryl/α,β-unsaturated/α-hetero) is 1. The number of carbonyl (C=O) groups is 2. The number of hydrogen-bond donors (Lipinski definition) is 0. The number of nitrogens with zero attached hydrogens (tertiary/aromatic N) is 2. The quantitative estimate of drug-likeness (QED) is 0.469. The first-order valence-corrected chi connectivity index (χ1v) is 7.13. The van der Waals surface area contributed by atoms with Crippen LogP contribution in [0.25, 0.3) is 0 Å². The van der Waals surface area contributed by atoms with Gasteiger partial charge in [-0.25, -0.2) is 0 Å². The van der Waals surface area contributed by atoms with Gasteiger partial charge >= 0.3 is 5.97 Å². The number of benzene rings is 1. The van der Waals surface area contributed by atoms with Crippen LogP contribution >= 0.6 is 0 Å². The Balaban J connectivity index is 1.96. The van der Waals surface area contributed by atoms with Crippen LogP contribution in [0.15, 0.2) is 24.3 Å². The fourth-order valence-electron chi connectivity index (χ4n) is 2.53. The highest BCUT2D eigenvalue weighted by Gasteiger charge is 2.29. The molecule has 1 saturated heterocycles. The maximum Gasteiger partial charge on any atom is 0.309 e. The van der Waals surface area contributed by atoms with Crippen molar-refractivity contribution in [1.82, 2.24) is 0 Å². The molecular formula is C15H18N2O5. The number of ether oxygens (including phenoxy) is 1. The van der Waals surface area contributed by atoms with Gasteiger partial charge in [0.25, 0.3) is 5.69 Å². The summed E-state index contributed by atoms with van der Waals surface area (Å²) in [6, 6.07) is 6.58. The van der Waals surface area contributed by atoms with Crippen molar-refractivity contribution in [2.75, 3.05) is 24.6 Å². The summed E-state index contributed by atoms with van der Waals surface area (Å²) in [6.45, 7) is 2.27. The largest absolute Gasteiger partial charge is 0.457 e. The molecule has 7 heteroatoms. The molecule has 0 bridgehead atoms. The van der Waals surface area contributed by atoms with Gasteiger partial charge in [0.1, 0.15) is 12.3 Å². The predicted octanol–water partition coefficient (Wildman–Crippen LogP) is 1.94. The fourth-order valence-corrected chi connectivity index (χ4v) is 2.53. The molecule has 0 aliphatic carbocycles. The van der Waals surface area contributed by atoms with Crippen molar-refractivity contribution < 1.29 is 19.2 Å². The van der Waals surface area contributed by atoms with E-state index in [2.05, 4.69) is 0 Å². The summed E-state index contributed by atoms with van der Waals surface area (Å²) in [5, 5.41) is 11.1. The molecule has 1 heterocycles. The first-order chi connectivity index (χ1) is 10.5. The lowest BCUT2D eigenvalue weighted by molar-refractivity contribution is -0.384. The van der Waals surface area contributed by atoms with Crippen molar-refractivity contribution in [3.05, 3.63) is 34.4 Å². The predicted molar refractivity (Wildman–Crippen MR) is 79.7 cm³/mol. The van der Waals surface area contributed by atoms with Crippen molar-refractivity contribution in [2.24, 2.45) is 5.92 Å². The number of anilines is 1. The third-order valence-electron chi connectivity index (χ3n) is 3.67. The van der Waals surface area contributed by atoms with E-state index in [1.54, 1.807) is 18.2 Å². The Labute approximate surface area is 128 Å². The summed E-state index contributed by atoms with van der Waals surface area (Å²) in [4.78, 5) is 35.2. The average molecular weight is 306 g/mol. The van der Waals surface area contributed by atoms with Crippen LogP contribution < -0.4 is 4.90 Å². The Morgan fingerprint density at radius 1 is 1.32 bits per heavy atom. The first kappa shape index (κ1) is 15.9. The molecule has 22 heavy (non-hydrogen) atoms. The number of nitro benzene ring substituents is 1. The fraction of sp³-hybridized carbons (Fsp3) is 0.467. The van der Waals surface area contributed by atoms with Crippen LogP contribution in [0.1, 0.15) is 19.8 Å². The van der Waals surface area contributed by atoms with Gasteiger partial charge in [0.15, 0.2) is 5.78 Å². The van der Waals surface area contributed by atoms with E-state index in [4.69, 9.17) is 4.74 Å². The number of ketones is 1. The van der Waals surface area contributed by atoms with Gasteiger partial charge in [0, 0.05) is 19.2 Å². The summed E-state index contributed by atoms with van der Waals surface area (Å²) < 4.78 is 4.93. The summed E-state index contributed by atoms with van der Waals surface area (Å²) in [5.41, 5.74) is 0.642. The van der Waals surface area contributed by atoms with Crippen LogP contribution in [0.3, 0.4) is 0 Å². The number of hydrogen-bond acceptors (Lipinski definition) is 6. The van der Waals surface area contributed by atoms with Crippen molar-refractivity contribution >= 4 is 23.1 Å². The van der Waals surface area contributed by atoms with Crippen molar-refractivity contribution in [1.29, 1.82) is 0 Å². The molecule has 0 unspecified atom stereocenters. The van der Waals surface area contributed by atoms with Gasteiger partial charge in [-0.15, -0.1) is 0 Å². The molecule has 1 aliphatic rings. The minimum Gasteiger partial charge on any atom is -0.457 e. The molecule has 1 aromatic carbocycles. The van der Waals surface area contributed by atoms with E-state index in [0.29, 0.717) is 31.6 Å². The molecule has 7 nitrogen and oxygen atoms in total. The summed E-state index contributed by atoms with van der Waals surface area (Å²) in [5.74, 6) is -0.804. The summed E-state index contributed by atoms with van der Waals surface area (Å²) in [6.07, 6.45) is 1.12. The normalized spacial score (nSPS) is 15.4. The topological polar surface area (TPSA) is 89.8 Å². The third-order valence-corrected chi connectivity index (χ3v) is 3.67. The Bertz CT molecular complexity index is 579. The van der Waals surface area contributed by atoms with Crippen LogP contribution in [-0.2, 0) is 14.3 Å². The standard InChI is InChI=1S/C15H18N2O5/c1-11(18)10-22-15(19)12-6-8-16(9-7-12)13-4-2-3-5-14(13)17(20)21/h2-5,12H,6-10H2,1H3. The minimum absolute atomic E-state index is 0.0695. The number of rotatable bonds is 5. The Hall–Kier alpha value is -2.44. The third kappa shape index (κ3) is 3.81. The van der Waals surface area contributed by atoms with Crippen molar-refractivity contribution in [2.45, 2.75) is 19.8 Å². The zero-order valence-corrected chi connectivity index (χ0v) is 12.4. The number of para-hydroxylation sites is 2. The molecule has 2 rings (SSSR count). The van der Waals surface area contributed by atoms with Crippen LogP contribution in [0, 0.1) is 16.0 Å². The van der Waals surface area contributed by atoms with Gasteiger partial charge in [-0.05, 0) is 25.8 Å². The lowest BCUT2D eigenvalue weighted by atomic mass is 9.96. The Kier molecular flexibility index (Phi) is 5.08. The molecule has 0 N–H and O–H groups in total. The molecule has 1 fully saturated rings. The highest BCUT2D eigenvalue weighted by atomic mass is 16.6. The van der Waals surface area contributed by atoms with E-state index in [9.17, 15) is 19.7 Å². The van der Waals surface area contributed by atoms with Crippen molar-refractivity contribution in [3.63, 3.8) is 0 Å². The monoisotopic (exact) mass is 306 g/mol. The van der Waals surface area contributed by atoms with Gasteiger partial charge in [-0.1, -0.05) is 12.1 Å². The number of nitro groups is 1. The van der Waals surface area contributed by atoms with E-state index in [-0.39, 0.29) is 30.0 Å². The van der Waals surface area contributed by atoms with Crippen LogP contribution in [-0.4, -0.2) is 36.4 Å². The van der Waals surface area contributed by atoms with Gasteiger partial charge in [0.05, 0.1) is 10.8 Å². The highest BCUT2D eigenvalue weighted by molar-refractivity contribution is 5.81. The molecule has 0 atom stereocenters. The maximum absolute atomic E-state index is 11.8. The second-order valence-corrected chi connectivity index (χ2v) is 5.32. The Morgan fingerprint density at radius 3 is 2.55 bits per heavy atom. The molecular weight excluding hydrogens is 288 g/mol. The Morgan fingerprint density at radius 2 is 1.95 bits per heavy atom. The van der Waals surface area contributed by atoms with Gasteiger partial charge in [-0.3, -0.25) is 19.7 Å². The second-order valence-electron chi connectivity index (χ2n) is 5.32. The van der Waals surface area contributed by atoms with Gasteiger partial charge in [0.2, 0.25) is 0 Å². The van der Waals surface area contributed by atoms with E-state index in [0.717, 1.165) is 0 Å². The molecule has 118 valence electrons. The highest BCUT2D eigenvalue weighted by Crippen LogP contribution is 2.31. The molecule has 1 aliphatic heterocycles. The van der Waals surface area contributed by atoms with Crippen LogP contribution in [0.2, 0.25) is 0 Å². The molecule has 1 aromatic rings. The lowest BCUT2D eigenvalue weighted by Gasteiger charge is -2.32. The zero-order valence-electron chi connectivity index (χ0n) is 12.4. The zero-order chi connectivity index (χ0) is 16.1. The van der Waals surface area contributed by atoms with Crippen LogP contribution in [0.4, 0.5) is 11.4 Å². The first-order valence-electron chi connectivity index (χ1n) is 7.13. The second kappa shape index (κ2) is 7.02. The van der Waals surface area contributed by atoms with E-state index in [1.165, 1.54) is 13.0 Å². The van der Waals surface area contributed by atoms with E-state index in [1.807, 2.05) is 4.90 Å². The minimum atomic E-state index is -0.400.